The summed E-state index contributed by atoms with van der Waals surface area (Å²) in [6.45, 7) is -0.520. The molecule has 0 radical (unpaired) electrons. The van der Waals surface area contributed by atoms with Crippen molar-refractivity contribution in [1.82, 2.24) is 15.1 Å². The van der Waals surface area contributed by atoms with Gasteiger partial charge in [-0.1, -0.05) is 0 Å². The molecule has 1 saturated heterocycles. The SMILES string of the molecule is Cl.Cl.NCC(=O)NCC(=O)N1CCN(CC(F)(F)F)CC1. The molecule has 126 valence electrons. The number of rotatable bonds is 4. The van der Waals surface area contributed by atoms with E-state index in [1.165, 1.54) is 9.80 Å². The molecule has 3 N–H and O–H groups in total. The zero-order chi connectivity index (χ0) is 14.5. The summed E-state index contributed by atoms with van der Waals surface area (Å²) in [5, 5.41) is 2.33. The van der Waals surface area contributed by atoms with Crippen molar-refractivity contribution in [2.45, 2.75) is 6.18 Å². The van der Waals surface area contributed by atoms with Gasteiger partial charge in [-0.05, 0) is 0 Å². The van der Waals surface area contributed by atoms with Crippen LogP contribution in [0.4, 0.5) is 13.2 Å². The Morgan fingerprint density at radius 3 is 2.05 bits per heavy atom. The molecule has 11 heteroatoms. The fourth-order valence-corrected chi connectivity index (χ4v) is 1.77. The van der Waals surface area contributed by atoms with Gasteiger partial charge in [-0.25, -0.2) is 0 Å². The average Bonchev–Trinajstić information content (AvgIpc) is 2.34. The van der Waals surface area contributed by atoms with E-state index in [0.29, 0.717) is 0 Å². The van der Waals surface area contributed by atoms with Gasteiger partial charge in [0.05, 0.1) is 19.6 Å². The summed E-state index contributed by atoms with van der Waals surface area (Å²) >= 11 is 0. The molecule has 1 aliphatic heterocycles. The van der Waals surface area contributed by atoms with Crippen LogP contribution in [-0.4, -0.2) is 73.6 Å². The number of carbonyl (C=O) groups excluding carboxylic acids is 2. The third-order valence-corrected chi connectivity index (χ3v) is 2.75. The second-order valence-electron chi connectivity index (χ2n) is 4.25. The van der Waals surface area contributed by atoms with Gasteiger partial charge in [0, 0.05) is 26.2 Å². The van der Waals surface area contributed by atoms with Crippen LogP contribution in [-0.2, 0) is 9.59 Å². The number of hydrogen-bond acceptors (Lipinski definition) is 4. The second-order valence-corrected chi connectivity index (χ2v) is 4.25. The third-order valence-electron chi connectivity index (χ3n) is 2.75. The van der Waals surface area contributed by atoms with Crippen LogP contribution in [0.15, 0.2) is 0 Å². The number of hydrogen-bond donors (Lipinski definition) is 2. The smallest absolute Gasteiger partial charge is 0.346 e. The van der Waals surface area contributed by atoms with E-state index in [1.807, 2.05) is 0 Å². The Morgan fingerprint density at radius 2 is 1.62 bits per heavy atom. The Balaban J connectivity index is 0. The highest BCUT2D eigenvalue weighted by atomic mass is 35.5. The minimum Gasteiger partial charge on any atom is -0.346 e. The number of alkyl halides is 3. The van der Waals surface area contributed by atoms with Crippen molar-refractivity contribution in [3.05, 3.63) is 0 Å². The Kier molecular flexibility index (Phi) is 10.8. The van der Waals surface area contributed by atoms with E-state index in [-0.39, 0.29) is 70.0 Å². The average molecular weight is 355 g/mol. The summed E-state index contributed by atoms with van der Waals surface area (Å²) in [5.41, 5.74) is 5.06. The topological polar surface area (TPSA) is 78.7 Å². The predicted octanol–water partition coefficient (Wildman–Crippen LogP) is -0.389. The third kappa shape index (κ3) is 8.97. The van der Waals surface area contributed by atoms with Gasteiger partial charge in [-0.3, -0.25) is 14.5 Å². The zero-order valence-corrected chi connectivity index (χ0v) is 12.8. The molecular weight excluding hydrogens is 336 g/mol. The predicted molar refractivity (Wildman–Crippen MR) is 75.6 cm³/mol. The molecule has 1 heterocycles. The van der Waals surface area contributed by atoms with Crippen LogP contribution < -0.4 is 11.1 Å². The quantitative estimate of drug-likeness (QED) is 0.720. The molecular formula is C10H19Cl2F3N4O2. The Labute approximate surface area is 133 Å². The molecule has 0 saturated carbocycles. The van der Waals surface area contributed by atoms with Gasteiger partial charge in [0.2, 0.25) is 11.8 Å². The van der Waals surface area contributed by atoms with Crippen LogP contribution in [0.2, 0.25) is 0 Å². The van der Waals surface area contributed by atoms with Crippen LogP contribution in [0.5, 0.6) is 0 Å². The first-order chi connectivity index (χ1) is 8.81. The van der Waals surface area contributed by atoms with E-state index in [2.05, 4.69) is 5.32 Å². The summed E-state index contributed by atoms with van der Waals surface area (Å²) in [7, 11) is 0. The second kappa shape index (κ2) is 10.0. The monoisotopic (exact) mass is 354 g/mol. The van der Waals surface area contributed by atoms with Crippen molar-refractivity contribution in [1.29, 1.82) is 0 Å². The molecule has 0 aromatic heterocycles. The highest BCUT2D eigenvalue weighted by Crippen LogP contribution is 2.17. The highest BCUT2D eigenvalue weighted by Gasteiger charge is 2.32. The zero-order valence-electron chi connectivity index (χ0n) is 11.2. The lowest BCUT2D eigenvalue weighted by Crippen LogP contribution is -2.53. The van der Waals surface area contributed by atoms with Crippen LogP contribution in [0.25, 0.3) is 0 Å². The number of halogens is 5. The van der Waals surface area contributed by atoms with Crippen molar-refractivity contribution >= 4 is 36.6 Å². The normalized spacial score (nSPS) is 15.7. The van der Waals surface area contributed by atoms with E-state index in [1.54, 1.807) is 0 Å². The molecule has 0 aromatic rings. The van der Waals surface area contributed by atoms with Gasteiger partial charge in [-0.2, -0.15) is 13.2 Å². The molecule has 21 heavy (non-hydrogen) atoms. The highest BCUT2D eigenvalue weighted by molar-refractivity contribution is 5.86. The molecule has 6 nitrogen and oxygen atoms in total. The molecule has 0 aromatic carbocycles. The van der Waals surface area contributed by atoms with Crippen LogP contribution in [0, 0.1) is 0 Å². The minimum atomic E-state index is -4.22. The maximum absolute atomic E-state index is 12.2. The summed E-state index contributed by atoms with van der Waals surface area (Å²) < 4.78 is 36.5. The Morgan fingerprint density at radius 1 is 1.10 bits per heavy atom. The maximum atomic E-state index is 12.2. The van der Waals surface area contributed by atoms with Crippen molar-refractivity contribution in [2.24, 2.45) is 5.73 Å². The number of nitrogens with two attached hydrogens (primary N) is 1. The van der Waals surface area contributed by atoms with E-state index in [0.717, 1.165) is 0 Å². The Bertz CT molecular complexity index is 337. The lowest BCUT2D eigenvalue weighted by Gasteiger charge is -2.35. The van der Waals surface area contributed by atoms with Gasteiger partial charge in [0.25, 0.3) is 0 Å². The van der Waals surface area contributed by atoms with Crippen molar-refractivity contribution in [3.8, 4) is 0 Å². The van der Waals surface area contributed by atoms with E-state index in [4.69, 9.17) is 5.73 Å². The fraction of sp³-hybridized carbons (Fsp3) is 0.800. The van der Waals surface area contributed by atoms with Crippen LogP contribution in [0.3, 0.4) is 0 Å². The summed E-state index contributed by atoms with van der Waals surface area (Å²) in [6.07, 6.45) is -4.22. The van der Waals surface area contributed by atoms with E-state index < -0.39 is 18.6 Å². The lowest BCUT2D eigenvalue weighted by molar-refractivity contribution is -0.151. The van der Waals surface area contributed by atoms with Gasteiger partial charge in [0.15, 0.2) is 0 Å². The van der Waals surface area contributed by atoms with Gasteiger partial charge in [0.1, 0.15) is 0 Å². The first-order valence-corrected chi connectivity index (χ1v) is 5.85. The van der Waals surface area contributed by atoms with Crippen molar-refractivity contribution in [2.75, 3.05) is 45.8 Å². The van der Waals surface area contributed by atoms with E-state index in [9.17, 15) is 22.8 Å². The first kappa shape index (κ1) is 22.5. The number of piperazine rings is 1. The fourth-order valence-electron chi connectivity index (χ4n) is 1.77. The largest absolute Gasteiger partial charge is 0.401 e. The van der Waals surface area contributed by atoms with E-state index >= 15 is 0 Å². The number of nitrogens with zero attached hydrogens (tertiary/aromatic N) is 2. The minimum absolute atomic E-state index is 0. The summed E-state index contributed by atoms with van der Waals surface area (Å²) in [4.78, 5) is 25.2. The van der Waals surface area contributed by atoms with Gasteiger partial charge < -0.3 is 16.0 Å². The van der Waals surface area contributed by atoms with Gasteiger partial charge >= 0.3 is 6.18 Å². The number of amides is 2. The first-order valence-electron chi connectivity index (χ1n) is 5.85. The standard InChI is InChI=1S/C10H17F3N4O2.2ClH/c11-10(12,13)7-16-1-3-17(4-2-16)9(19)6-15-8(18)5-14;;/h1-7,14H2,(H,15,18);2*1H. The molecule has 0 unspecified atom stereocenters. The number of nitrogens with one attached hydrogen (secondary N) is 1. The van der Waals surface area contributed by atoms with Crippen LogP contribution in [0.1, 0.15) is 0 Å². The molecule has 0 spiro atoms. The summed E-state index contributed by atoms with van der Waals surface area (Å²) in [5.74, 6) is -0.752. The number of carbonyl (C=O) groups is 2. The molecule has 1 aliphatic rings. The molecule has 0 bridgehead atoms. The molecule has 1 fully saturated rings. The summed E-state index contributed by atoms with van der Waals surface area (Å²) in [6, 6.07) is 0. The van der Waals surface area contributed by atoms with Crippen molar-refractivity contribution < 1.29 is 22.8 Å². The van der Waals surface area contributed by atoms with Gasteiger partial charge in [-0.15, -0.1) is 24.8 Å². The Hall–Kier alpha value is -0.770. The van der Waals surface area contributed by atoms with Crippen LogP contribution >= 0.6 is 24.8 Å². The molecule has 0 atom stereocenters. The maximum Gasteiger partial charge on any atom is 0.401 e. The molecule has 1 rings (SSSR count). The van der Waals surface area contributed by atoms with Crippen molar-refractivity contribution in [3.63, 3.8) is 0 Å². The lowest BCUT2D eigenvalue weighted by atomic mass is 10.3. The molecule has 0 aliphatic carbocycles. The molecule has 2 amide bonds.